The first kappa shape index (κ1) is 12.1. The number of rotatable bonds is 5. The molecule has 0 saturated heterocycles. The van der Waals surface area contributed by atoms with Gasteiger partial charge < -0.3 is 10.1 Å². The molecule has 0 amide bonds. The second kappa shape index (κ2) is 5.80. The molecule has 2 aromatic rings. The largest absolute Gasteiger partial charge is 0.486 e. The van der Waals surface area contributed by atoms with E-state index in [1.54, 1.807) is 11.3 Å². The average molecular weight is 248 g/mol. The van der Waals surface area contributed by atoms with Crippen molar-refractivity contribution >= 4 is 11.3 Å². The molecule has 0 unspecified atom stereocenters. The molecule has 0 fully saturated rings. The predicted octanol–water partition coefficient (Wildman–Crippen LogP) is 2.75. The van der Waals surface area contributed by atoms with Crippen LogP contribution in [-0.2, 0) is 13.2 Å². The normalized spacial score (nSPS) is 10.5. The van der Waals surface area contributed by atoms with Crippen LogP contribution in [0.1, 0.15) is 15.6 Å². The molecule has 4 heteroatoms. The van der Waals surface area contributed by atoms with E-state index in [-0.39, 0.29) is 0 Å². The second-order valence-corrected chi connectivity index (χ2v) is 4.92. The third kappa shape index (κ3) is 3.28. The Balaban J connectivity index is 1.97. The Hall–Kier alpha value is -1.39. The first-order valence-electron chi connectivity index (χ1n) is 5.57. The van der Waals surface area contributed by atoms with Crippen molar-refractivity contribution in [3.8, 4) is 5.75 Å². The zero-order chi connectivity index (χ0) is 12.1. The minimum Gasteiger partial charge on any atom is -0.486 e. The van der Waals surface area contributed by atoms with Crippen molar-refractivity contribution in [3.05, 3.63) is 45.9 Å². The topological polar surface area (TPSA) is 34.1 Å². The van der Waals surface area contributed by atoms with E-state index in [1.165, 1.54) is 4.88 Å². The van der Waals surface area contributed by atoms with Gasteiger partial charge in [0, 0.05) is 11.4 Å². The van der Waals surface area contributed by atoms with Crippen LogP contribution >= 0.6 is 11.3 Å². The van der Waals surface area contributed by atoms with E-state index in [2.05, 4.69) is 10.3 Å². The minimum absolute atomic E-state index is 0.541. The van der Waals surface area contributed by atoms with Gasteiger partial charge in [-0.2, -0.15) is 0 Å². The van der Waals surface area contributed by atoms with E-state index in [4.69, 9.17) is 4.74 Å². The summed E-state index contributed by atoms with van der Waals surface area (Å²) < 4.78 is 5.67. The van der Waals surface area contributed by atoms with E-state index >= 15 is 0 Å². The molecule has 3 nitrogen and oxygen atoms in total. The van der Waals surface area contributed by atoms with Gasteiger partial charge in [0.1, 0.15) is 17.4 Å². The zero-order valence-electron chi connectivity index (χ0n) is 10.1. The van der Waals surface area contributed by atoms with E-state index in [1.807, 2.05) is 44.3 Å². The fourth-order valence-corrected chi connectivity index (χ4v) is 2.53. The van der Waals surface area contributed by atoms with Crippen LogP contribution in [0.5, 0.6) is 5.75 Å². The fraction of sp³-hybridized carbons (Fsp3) is 0.308. The molecular formula is C13H16N2OS. The maximum atomic E-state index is 5.67. The SMILES string of the molecule is CNCc1sc(COc2ccccc2)nc1C. The lowest BCUT2D eigenvalue weighted by atomic mass is 10.3. The fourth-order valence-electron chi connectivity index (χ4n) is 1.54. The van der Waals surface area contributed by atoms with Crippen molar-refractivity contribution in [2.45, 2.75) is 20.1 Å². The number of aryl methyl sites for hydroxylation is 1. The summed E-state index contributed by atoms with van der Waals surface area (Å²) in [5.41, 5.74) is 1.09. The molecule has 0 aliphatic carbocycles. The highest BCUT2D eigenvalue weighted by Crippen LogP contribution is 2.19. The molecule has 0 radical (unpaired) electrons. The van der Waals surface area contributed by atoms with E-state index < -0.39 is 0 Å². The smallest absolute Gasteiger partial charge is 0.140 e. The van der Waals surface area contributed by atoms with E-state index in [0.29, 0.717) is 6.61 Å². The van der Waals surface area contributed by atoms with Crippen molar-refractivity contribution in [2.24, 2.45) is 0 Å². The second-order valence-electron chi connectivity index (χ2n) is 3.75. The molecule has 1 aromatic heterocycles. The Morgan fingerprint density at radius 3 is 2.76 bits per heavy atom. The van der Waals surface area contributed by atoms with Crippen LogP contribution in [0.15, 0.2) is 30.3 Å². The van der Waals surface area contributed by atoms with Gasteiger partial charge >= 0.3 is 0 Å². The van der Waals surface area contributed by atoms with E-state index in [9.17, 15) is 0 Å². The Bertz CT molecular complexity index is 468. The number of thiazole rings is 1. The summed E-state index contributed by atoms with van der Waals surface area (Å²) in [6.45, 7) is 3.45. The standard InChI is InChI=1S/C13H16N2OS/c1-10-12(8-14-2)17-13(15-10)9-16-11-6-4-3-5-7-11/h3-7,14H,8-9H2,1-2H3. The molecule has 1 heterocycles. The van der Waals surface area contributed by atoms with Crippen molar-refractivity contribution in [1.29, 1.82) is 0 Å². The van der Waals surface area contributed by atoms with Crippen LogP contribution < -0.4 is 10.1 Å². The van der Waals surface area contributed by atoms with E-state index in [0.717, 1.165) is 23.0 Å². The summed E-state index contributed by atoms with van der Waals surface area (Å²) in [4.78, 5) is 5.77. The first-order chi connectivity index (χ1) is 8.29. The van der Waals surface area contributed by atoms with Crippen molar-refractivity contribution in [2.75, 3.05) is 7.05 Å². The molecule has 17 heavy (non-hydrogen) atoms. The Morgan fingerprint density at radius 2 is 2.06 bits per heavy atom. The Labute approximate surface area is 105 Å². The Morgan fingerprint density at radius 1 is 1.29 bits per heavy atom. The molecule has 0 aliphatic heterocycles. The molecule has 0 spiro atoms. The number of nitrogens with zero attached hydrogens (tertiary/aromatic N) is 1. The summed E-state index contributed by atoms with van der Waals surface area (Å²) in [5, 5.41) is 4.17. The van der Waals surface area contributed by atoms with Gasteiger partial charge in [-0.05, 0) is 26.1 Å². The van der Waals surface area contributed by atoms with Gasteiger partial charge in [0.2, 0.25) is 0 Å². The van der Waals surface area contributed by atoms with Gasteiger partial charge in [0.25, 0.3) is 0 Å². The highest BCUT2D eigenvalue weighted by atomic mass is 32.1. The lowest BCUT2D eigenvalue weighted by Crippen LogP contribution is -2.04. The van der Waals surface area contributed by atoms with Gasteiger partial charge in [-0.1, -0.05) is 18.2 Å². The molecule has 1 N–H and O–H groups in total. The zero-order valence-corrected chi connectivity index (χ0v) is 10.9. The van der Waals surface area contributed by atoms with Crippen LogP contribution in [0.25, 0.3) is 0 Å². The maximum Gasteiger partial charge on any atom is 0.140 e. The first-order valence-corrected chi connectivity index (χ1v) is 6.39. The summed E-state index contributed by atoms with van der Waals surface area (Å²) in [7, 11) is 1.94. The number of hydrogen-bond acceptors (Lipinski definition) is 4. The van der Waals surface area contributed by atoms with Gasteiger partial charge in [-0.3, -0.25) is 0 Å². The molecule has 0 bridgehead atoms. The number of hydrogen-bond donors (Lipinski definition) is 1. The summed E-state index contributed by atoms with van der Waals surface area (Å²) in [6, 6.07) is 9.82. The van der Waals surface area contributed by atoms with Gasteiger partial charge in [0.15, 0.2) is 0 Å². The van der Waals surface area contributed by atoms with Gasteiger partial charge in [0.05, 0.1) is 5.69 Å². The van der Waals surface area contributed by atoms with Gasteiger partial charge in [-0.15, -0.1) is 11.3 Å². The summed E-state index contributed by atoms with van der Waals surface area (Å²) in [6.07, 6.45) is 0. The van der Waals surface area contributed by atoms with Crippen LogP contribution in [-0.4, -0.2) is 12.0 Å². The summed E-state index contributed by atoms with van der Waals surface area (Å²) >= 11 is 1.70. The monoisotopic (exact) mass is 248 g/mol. The molecule has 90 valence electrons. The van der Waals surface area contributed by atoms with Crippen LogP contribution in [0.2, 0.25) is 0 Å². The quantitative estimate of drug-likeness (QED) is 0.883. The molecule has 1 aromatic carbocycles. The number of nitrogens with one attached hydrogen (secondary N) is 1. The molecule has 0 atom stereocenters. The summed E-state index contributed by atoms with van der Waals surface area (Å²) in [5.74, 6) is 0.885. The number of benzene rings is 1. The van der Waals surface area contributed by atoms with Crippen LogP contribution in [0.3, 0.4) is 0 Å². The third-order valence-electron chi connectivity index (χ3n) is 2.38. The minimum atomic E-state index is 0.541. The molecule has 0 aliphatic rings. The predicted molar refractivity (Wildman–Crippen MR) is 70.4 cm³/mol. The van der Waals surface area contributed by atoms with Crippen LogP contribution in [0.4, 0.5) is 0 Å². The number of para-hydroxylation sites is 1. The molecule has 0 saturated carbocycles. The average Bonchev–Trinajstić information content (AvgIpc) is 2.70. The Kier molecular flexibility index (Phi) is 4.12. The highest BCUT2D eigenvalue weighted by Gasteiger charge is 2.07. The van der Waals surface area contributed by atoms with Crippen LogP contribution in [0, 0.1) is 6.92 Å². The molecule has 2 rings (SSSR count). The van der Waals surface area contributed by atoms with Crippen molar-refractivity contribution < 1.29 is 4.74 Å². The third-order valence-corrected chi connectivity index (χ3v) is 3.51. The maximum absolute atomic E-state index is 5.67. The number of aromatic nitrogens is 1. The van der Waals surface area contributed by atoms with Crippen molar-refractivity contribution in [1.82, 2.24) is 10.3 Å². The highest BCUT2D eigenvalue weighted by molar-refractivity contribution is 7.11. The van der Waals surface area contributed by atoms with Crippen molar-refractivity contribution in [3.63, 3.8) is 0 Å². The number of ether oxygens (including phenoxy) is 1. The lowest BCUT2D eigenvalue weighted by molar-refractivity contribution is 0.305. The molecular weight excluding hydrogens is 232 g/mol. The van der Waals surface area contributed by atoms with Gasteiger partial charge in [-0.25, -0.2) is 4.98 Å². The lowest BCUT2D eigenvalue weighted by Gasteiger charge is -2.02.